The molecule has 2 rings (SSSR count). The molecule has 0 atom stereocenters. The second-order valence-corrected chi connectivity index (χ2v) is 6.92. The van der Waals surface area contributed by atoms with Crippen LogP contribution in [0.25, 0.3) is 10.2 Å². The summed E-state index contributed by atoms with van der Waals surface area (Å²) in [6, 6.07) is 3.73. The summed E-state index contributed by atoms with van der Waals surface area (Å²) in [5.74, 6) is -0.0320. The van der Waals surface area contributed by atoms with Crippen LogP contribution in [0.1, 0.15) is 30.4 Å². The molecule has 4 nitrogen and oxygen atoms in total. The van der Waals surface area contributed by atoms with Gasteiger partial charge in [-0.15, -0.1) is 11.3 Å². The maximum atomic E-state index is 12.4. The van der Waals surface area contributed by atoms with Crippen molar-refractivity contribution in [3.05, 3.63) is 23.2 Å². The Morgan fingerprint density at radius 3 is 2.74 bits per heavy atom. The molecule has 2 aromatic rings. The first kappa shape index (κ1) is 13.8. The van der Waals surface area contributed by atoms with Gasteiger partial charge in [-0.1, -0.05) is 20.8 Å². The van der Waals surface area contributed by atoms with E-state index in [0.717, 1.165) is 10.2 Å². The third-order valence-corrected chi connectivity index (χ3v) is 3.87. The Labute approximate surface area is 117 Å². The predicted molar refractivity (Wildman–Crippen MR) is 80.4 cm³/mol. The number of nitrogen functional groups attached to an aromatic ring is 1. The number of nitrogens with zero attached hydrogens (tertiary/aromatic N) is 2. The summed E-state index contributed by atoms with van der Waals surface area (Å²) in [6.07, 6.45) is 1.71. The summed E-state index contributed by atoms with van der Waals surface area (Å²) in [7, 11) is 1.81. The monoisotopic (exact) mass is 277 g/mol. The minimum Gasteiger partial charge on any atom is -0.397 e. The Morgan fingerprint density at radius 1 is 1.47 bits per heavy atom. The molecule has 0 fully saturated rings. The molecule has 0 spiro atoms. The van der Waals surface area contributed by atoms with E-state index in [1.54, 1.807) is 11.1 Å². The lowest BCUT2D eigenvalue weighted by Gasteiger charge is -2.26. The number of amides is 1. The van der Waals surface area contributed by atoms with Crippen molar-refractivity contribution in [2.24, 2.45) is 5.41 Å². The summed E-state index contributed by atoms with van der Waals surface area (Å²) in [6.45, 7) is 7.00. The van der Waals surface area contributed by atoms with E-state index < -0.39 is 0 Å². The molecule has 0 aliphatic carbocycles. The Balaban J connectivity index is 2.34. The smallest absolute Gasteiger partial charge is 0.265 e. The predicted octanol–water partition coefficient (Wildman–Crippen LogP) is 3.00. The molecule has 2 aromatic heterocycles. The minimum atomic E-state index is -0.0320. The second kappa shape index (κ2) is 4.81. The highest BCUT2D eigenvalue weighted by Crippen LogP contribution is 2.33. The molecule has 0 aromatic carbocycles. The van der Waals surface area contributed by atoms with Gasteiger partial charge in [0.1, 0.15) is 9.71 Å². The van der Waals surface area contributed by atoms with Crippen LogP contribution < -0.4 is 5.73 Å². The molecule has 5 heteroatoms. The van der Waals surface area contributed by atoms with Gasteiger partial charge in [0.05, 0.1) is 5.69 Å². The van der Waals surface area contributed by atoms with E-state index >= 15 is 0 Å². The van der Waals surface area contributed by atoms with Gasteiger partial charge < -0.3 is 10.6 Å². The SMILES string of the molecule is CN(CC(C)(C)C)C(=O)c1sc2ncccc2c1N. The Morgan fingerprint density at radius 2 is 2.16 bits per heavy atom. The summed E-state index contributed by atoms with van der Waals surface area (Å²) >= 11 is 1.36. The maximum Gasteiger partial charge on any atom is 0.265 e. The van der Waals surface area contributed by atoms with E-state index in [2.05, 4.69) is 25.8 Å². The zero-order valence-corrected chi connectivity index (χ0v) is 12.5. The van der Waals surface area contributed by atoms with Gasteiger partial charge in [0, 0.05) is 25.2 Å². The lowest BCUT2D eigenvalue weighted by Crippen LogP contribution is -2.34. The number of rotatable bonds is 2. The van der Waals surface area contributed by atoms with Crippen LogP contribution in [0.3, 0.4) is 0 Å². The fourth-order valence-corrected chi connectivity index (χ4v) is 3.12. The van der Waals surface area contributed by atoms with Gasteiger partial charge in [-0.2, -0.15) is 0 Å². The standard InChI is InChI=1S/C14H19N3OS/c1-14(2,3)8-17(4)13(18)11-10(15)9-6-5-7-16-12(9)19-11/h5-7H,8,15H2,1-4H3. The quantitative estimate of drug-likeness (QED) is 0.918. The summed E-state index contributed by atoms with van der Waals surface area (Å²) < 4.78 is 0. The largest absolute Gasteiger partial charge is 0.397 e. The van der Waals surface area contributed by atoms with Crippen LogP contribution in [0.5, 0.6) is 0 Å². The van der Waals surface area contributed by atoms with Crippen molar-refractivity contribution in [2.75, 3.05) is 19.3 Å². The van der Waals surface area contributed by atoms with Gasteiger partial charge in [0.25, 0.3) is 5.91 Å². The number of anilines is 1. The lowest BCUT2D eigenvalue weighted by molar-refractivity contribution is 0.0751. The molecule has 2 heterocycles. The Kier molecular flexibility index (Phi) is 3.49. The van der Waals surface area contributed by atoms with Crippen molar-refractivity contribution in [3.8, 4) is 0 Å². The van der Waals surface area contributed by atoms with E-state index in [1.807, 2.05) is 19.2 Å². The van der Waals surface area contributed by atoms with Crippen LogP contribution in [0.4, 0.5) is 5.69 Å². The van der Waals surface area contributed by atoms with Gasteiger partial charge in [0.2, 0.25) is 0 Å². The van der Waals surface area contributed by atoms with Crippen LogP contribution in [0.15, 0.2) is 18.3 Å². The molecule has 0 saturated carbocycles. The minimum absolute atomic E-state index is 0.0320. The van der Waals surface area contributed by atoms with Gasteiger partial charge in [-0.25, -0.2) is 4.98 Å². The number of hydrogen-bond acceptors (Lipinski definition) is 4. The summed E-state index contributed by atoms with van der Waals surface area (Å²) in [5, 5.41) is 0.861. The molecule has 102 valence electrons. The molecule has 0 aliphatic rings. The first-order valence-corrected chi connectivity index (χ1v) is 7.00. The van der Waals surface area contributed by atoms with Crippen molar-refractivity contribution < 1.29 is 4.79 Å². The van der Waals surface area contributed by atoms with Crippen LogP contribution in [-0.2, 0) is 0 Å². The zero-order valence-electron chi connectivity index (χ0n) is 11.7. The maximum absolute atomic E-state index is 12.4. The van der Waals surface area contributed by atoms with Gasteiger partial charge in [-0.05, 0) is 17.5 Å². The molecule has 19 heavy (non-hydrogen) atoms. The van der Waals surface area contributed by atoms with Crippen molar-refractivity contribution >= 4 is 33.1 Å². The van der Waals surface area contributed by atoms with Crippen LogP contribution in [-0.4, -0.2) is 29.4 Å². The molecule has 0 radical (unpaired) electrons. The first-order valence-electron chi connectivity index (χ1n) is 6.18. The molecule has 0 bridgehead atoms. The highest BCUT2D eigenvalue weighted by Gasteiger charge is 2.23. The summed E-state index contributed by atoms with van der Waals surface area (Å²) in [4.78, 5) is 19.8. The lowest BCUT2D eigenvalue weighted by atomic mass is 9.96. The van der Waals surface area contributed by atoms with Gasteiger partial charge in [-0.3, -0.25) is 4.79 Å². The number of hydrogen-bond donors (Lipinski definition) is 1. The van der Waals surface area contributed by atoms with E-state index in [4.69, 9.17) is 5.73 Å². The van der Waals surface area contributed by atoms with Gasteiger partial charge >= 0.3 is 0 Å². The van der Waals surface area contributed by atoms with Crippen LogP contribution in [0, 0.1) is 5.41 Å². The number of carbonyl (C=O) groups is 1. The zero-order chi connectivity index (χ0) is 14.2. The number of thiophene rings is 1. The van der Waals surface area contributed by atoms with E-state index in [0.29, 0.717) is 17.1 Å². The van der Waals surface area contributed by atoms with Crippen molar-refractivity contribution in [3.63, 3.8) is 0 Å². The molecular formula is C14H19N3OS. The third kappa shape index (κ3) is 2.87. The number of fused-ring (bicyclic) bond motifs is 1. The average Bonchev–Trinajstić information content (AvgIpc) is 2.64. The fraction of sp³-hybridized carbons (Fsp3) is 0.429. The van der Waals surface area contributed by atoms with Crippen molar-refractivity contribution in [1.29, 1.82) is 0 Å². The summed E-state index contributed by atoms with van der Waals surface area (Å²) in [5.41, 5.74) is 6.67. The molecule has 0 saturated heterocycles. The van der Waals surface area contributed by atoms with E-state index in [1.165, 1.54) is 11.3 Å². The first-order chi connectivity index (χ1) is 8.79. The molecular weight excluding hydrogens is 258 g/mol. The highest BCUT2D eigenvalue weighted by molar-refractivity contribution is 7.21. The van der Waals surface area contributed by atoms with E-state index in [-0.39, 0.29) is 11.3 Å². The number of carbonyl (C=O) groups excluding carboxylic acids is 1. The van der Waals surface area contributed by atoms with Crippen LogP contribution >= 0.6 is 11.3 Å². The molecule has 2 N–H and O–H groups in total. The number of pyridine rings is 1. The van der Waals surface area contributed by atoms with Gasteiger partial charge in [0.15, 0.2) is 0 Å². The van der Waals surface area contributed by atoms with Crippen LogP contribution in [0.2, 0.25) is 0 Å². The second-order valence-electron chi connectivity index (χ2n) is 5.92. The molecule has 0 unspecified atom stereocenters. The van der Waals surface area contributed by atoms with Crippen molar-refractivity contribution in [1.82, 2.24) is 9.88 Å². The van der Waals surface area contributed by atoms with Crippen molar-refractivity contribution in [2.45, 2.75) is 20.8 Å². The normalized spacial score (nSPS) is 11.8. The number of aromatic nitrogens is 1. The Hall–Kier alpha value is -1.62. The fourth-order valence-electron chi connectivity index (χ4n) is 2.07. The van der Waals surface area contributed by atoms with E-state index in [9.17, 15) is 4.79 Å². The average molecular weight is 277 g/mol. The number of nitrogens with two attached hydrogens (primary N) is 1. The molecule has 0 aliphatic heterocycles. The highest BCUT2D eigenvalue weighted by atomic mass is 32.1. The topological polar surface area (TPSA) is 59.2 Å². The Bertz CT molecular complexity index is 613. The molecule has 1 amide bonds. The third-order valence-electron chi connectivity index (χ3n) is 2.76.